The van der Waals surface area contributed by atoms with Crippen LogP contribution in [0.2, 0.25) is 0 Å². The standard InChI is InChI=1S/C13H16FNO5/c1-20-6-2-3-11(13(18)19)15-12(17)9-5-4-8(16)7-10(9)14/h4-5,7,11,16H,2-3,6H2,1H3,(H,15,17)(H,18,19). The molecular formula is C13H16FNO5. The van der Waals surface area contributed by atoms with Crippen molar-refractivity contribution in [3.8, 4) is 5.75 Å². The first-order valence-corrected chi connectivity index (χ1v) is 5.96. The Kier molecular flexibility index (Phi) is 5.92. The molecular weight excluding hydrogens is 269 g/mol. The van der Waals surface area contributed by atoms with Crippen LogP contribution in [0.1, 0.15) is 23.2 Å². The molecule has 6 nitrogen and oxygen atoms in total. The second-order valence-corrected chi connectivity index (χ2v) is 4.16. The fourth-order valence-electron chi connectivity index (χ4n) is 1.61. The van der Waals surface area contributed by atoms with E-state index in [1.807, 2.05) is 0 Å². The molecule has 0 bridgehead atoms. The van der Waals surface area contributed by atoms with Crippen LogP contribution in [0.3, 0.4) is 0 Å². The van der Waals surface area contributed by atoms with E-state index >= 15 is 0 Å². The maximum atomic E-state index is 13.5. The lowest BCUT2D eigenvalue weighted by atomic mass is 10.1. The van der Waals surface area contributed by atoms with E-state index in [9.17, 15) is 14.0 Å². The van der Waals surface area contributed by atoms with Crippen molar-refractivity contribution in [3.05, 3.63) is 29.6 Å². The normalized spacial score (nSPS) is 11.9. The van der Waals surface area contributed by atoms with E-state index in [2.05, 4.69) is 5.32 Å². The number of benzene rings is 1. The number of carboxylic acids is 1. The Hall–Kier alpha value is -2.15. The Morgan fingerprint density at radius 1 is 1.45 bits per heavy atom. The average Bonchev–Trinajstić information content (AvgIpc) is 2.37. The predicted molar refractivity (Wildman–Crippen MR) is 68.1 cm³/mol. The Labute approximate surface area is 115 Å². The van der Waals surface area contributed by atoms with Crippen molar-refractivity contribution >= 4 is 11.9 Å². The number of phenolic OH excluding ortho intramolecular Hbond substituents is 1. The number of methoxy groups -OCH3 is 1. The lowest BCUT2D eigenvalue weighted by Crippen LogP contribution is -2.41. The number of amides is 1. The fourth-order valence-corrected chi connectivity index (χ4v) is 1.61. The molecule has 1 aromatic carbocycles. The van der Waals surface area contributed by atoms with Crippen LogP contribution < -0.4 is 5.32 Å². The Morgan fingerprint density at radius 3 is 2.70 bits per heavy atom. The molecule has 1 amide bonds. The van der Waals surface area contributed by atoms with E-state index in [4.69, 9.17) is 14.9 Å². The first-order chi connectivity index (χ1) is 9.45. The number of nitrogens with one attached hydrogen (secondary N) is 1. The van der Waals surface area contributed by atoms with Crippen molar-refractivity contribution in [1.82, 2.24) is 5.32 Å². The van der Waals surface area contributed by atoms with Gasteiger partial charge in [0.25, 0.3) is 5.91 Å². The summed E-state index contributed by atoms with van der Waals surface area (Å²) >= 11 is 0. The second-order valence-electron chi connectivity index (χ2n) is 4.16. The number of rotatable bonds is 7. The molecule has 0 saturated carbocycles. The van der Waals surface area contributed by atoms with Crippen LogP contribution >= 0.6 is 0 Å². The molecule has 0 aliphatic carbocycles. The van der Waals surface area contributed by atoms with Gasteiger partial charge in [0.1, 0.15) is 17.6 Å². The van der Waals surface area contributed by atoms with Crippen molar-refractivity contribution in [1.29, 1.82) is 0 Å². The van der Waals surface area contributed by atoms with Gasteiger partial charge in [0.15, 0.2) is 0 Å². The minimum atomic E-state index is -1.20. The largest absolute Gasteiger partial charge is 0.508 e. The van der Waals surface area contributed by atoms with Crippen molar-refractivity contribution in [2.45, 2.75) is 18.9 Å². The van der Waals surface area contributed by atoms with Gasteiger partial charge in [0, 0.05) is 19.8 Å². The second kappa shape index (κ2) is 7.44. The van der Waals surface area contributed by atoms with Gasteiger partial charge in [0.2, 0.25) is 0 Å². The molecule has 20 heavy (non-hydrogen) atoms. The van der Waals surface area contributed by atoms with Crippen molar-refractivity contribution < 1.29 is 28.9 Å². The highest BCUT2D eigenvalue weighted by Gasteiger charge is 2.22. The molecule has 1 aromatic rings. The zero-order valence-corrected chi connectivity index (χ0v) is 10.9. The molecule has 0 radical (unpaired) electrons. The number of phenols is 1. The van der Waals surface area contributed by atoms with Gasteiger partial charge in [-0.05, 0) is 25.0 Å². The van der Waals surface area contributed by atoms with Crippen LogP contribution in [0.15, 0.2) is 18.2 Å². The lowest BCUT2D eigenvalue weighted by molar-refractivity contribution is -0.139. The zero-order chi connectivity index (χ0) is 15.1. The number of carbonyl (C=O) groups is 2. The van der Waals surface area contributed by atoms with Crippen molar-refractivity contribution in [2.24, 2.45) is 0 Å². The van der Waals surface area contributed by atoms with Crippen LogP contribution in [-0.2, 0) is 9.53 Å². The van der Waals surface area contributed by atoms with Crippen LogP contribution in [0, 0.1) is 5.82 Å². The maximum Gasteiger partial charge on any atom is 0.326 e. The van der Waals surface area contributed by atoms with Gasteiger partial charge in [0.05, 0.1) is 5.56 Å². The lowest BCUT2D eigenvalue weighted by Gasteiger charge is -2.14. The Bertz CT molecular complexity index is 492. The summed E-state index contributed by atoms with van der Waals surface area (Å²) in [6, 6.07) is 1.91. The van der Waals surface area contributed by atoms with Crippen molar-refractivity contribution in [2.75, 3.05) is 13.7 Å². The number of aliphatic carboxylic acids is 1. The third-order valence-corrected chi connectivity index (χ3v) is 2.64. The number of carboxylic acid groups (broad SMARTS) is 1. The first kappa shape index (κ1) is 15.9. The van der Waals surface area contributed by atoms with E-state index in [0.717, 1.165) is 18.2 Å². The molecule has 0 saturated heterocycles. The molecule has 0 aliphatic rings. The van der Waals surface area contributed by atoms with Crippen LogP contribution in [-0.4, -0.2) is 41.8 Å². The summed E-state index contributed by atoms with van der Waals surface area (Å²) in [6.07, 6.45) is 0.625. The Balaban J connectivity index is 2.72. The first-order valence-electron chi connectivity index (χ1n) is 5.96. The summed E-state index contributed by atoms with van der Waals surface area (Å²) in [4.78, 5) is 22.8. The fraction of sp³-hybridized carbons (Fsp3) is 0.385. The third-order valence-electron chi connectivity index (χ3n) is 2.64. The third kappa shape index (κ3) is 4.51. The number of hydrogen-bond acceptors (Lipinski definition) is 4. The highest BCUT2D eigenvalue weighted by Crippen LogP contribution is 2.15. The SMILES string of the molecule is COCCCC(NC(=O)c1ccc(O)cc1F)C(=O)O. The van der Waals surface area contributed by atoms with E-state index in [1.165, 1.54) is 7.11 Å². The summed E-state index contributed by atoms with van der Waals surface area (Å²) in [6.45, 7) is 0.368. The molecule has 0 fully saturated rings. The molecule has 0 aromatic heterocycles. The van der Waals surface area contributed by atoms with Gasteiger partial charge in [-0.1, -0.05) is 0 Å². The number of aromatic hydroxyl groups is 1. The molecule has 0 spiro atoms. The van der Waals surface area contributed by atoms with Gasteiger partial charge >= 0.3 is 5.97 Å². The maximum absolute atomic E-state index is 13.5. The highest BCUT2D eigenvalue weighted by atomic mass is 19.1. The van der Waals surface area contributed by atoms with Crippen LogP contribution in [0.4, 0.5) is 4.39 Å². The number of halogens is 1. The quantitative estimate of drug-likeness (QED) is 0.653. The van der Waals surface area contributed by atoms with Crippen molar-refractivity contribution in [3.63, 3.8) is 0 Å². The van der Waals surface area contributed by atoms with Crippen LogP contribution in [0.5, 0.6) is 5.75 Å². The molecule has 7 heteroatoms. The molecule has 1 unspecified atom stereocenters. The summed E-state index contributed by atoms with van der Waals surface area (Å²) in [5.41, 5.74) is -0.319. The number of carbonyl (C=O) groups excluding carboxylic acids is 1. The highest BCUT2D eigenvalue weighted by molar-refractivity contribution is 5.96. The number of hydrogen-bond donors (Lipinski definition) is 3. The van der Waals surface area contributed by atoms with Gasteiger partial charge < -0.3 is 20.3 Å². The minimum absolute atomic E-state index is 0.175. The van der Waals surface area contributed by atoms with Gasteiger partial charge in [-0.3, -0.25) is 4.79 Å². The summed E-state index contributed by atoms with van der Waals surface area (Å²) in [5.74, 6) is -3.27. The molecule has 110 valence electrons. The number of ether oxygens (including phenoxy) is 1. The predicted octanol–water partition coefficient (Wildman–Crippen LogP) is 1.14. The molecule has 0 heterocycles. The molecule has 1 rings (SSSR count). The van der Waals surface area contributed by atoms with E-state index in [-0.39, 0.29) is 17.7 Å². The monoisotopic (exact) mass is 285 g/mol. The van der Waals surface area contributed by atoms with E-state index < -0.39 is 23.7 Å². The van der Waals surface area contributed by atoms with Gasteiger partial charge in [-0.25, -0.2) is 9.18 Å². The summed E-state index contributed by atoms with van der Waals surface area (Å²) < 4.78 is 18.3. The average molecular weight is 285 g/mol. The van der Waals surface area contributed by atoms with E-state index in [1.54, 1.807) is 0 Å². The minimum Gasteiger partial charge on any atom is -0.508 e. The zero-order valence-electron chi connectivity index (χ0n) is 10.9. The summed E-state index contributed by atoms with van der Waals surface area (Å²) in [7, 11) is 1.49. The topological polar surface area (TPSA) is 95.9 Å². The molecule has 1 atom stereocenters. The van der Waals surface area contributed by atoms with E-state index in [0.29, 0.717) is 13.0 Å². The Morgan fingerprint density at radius 2 is 2.15 bits per heavy atom. The smallest absolute Gasteiger partial charge is 0.326 e. The molecule has 3 N–H and O–H groups in total. The van der Waals surface area contributed by atoms with Crippen LogP contribution in [0.25, 0.3) is 0 Å². The molecule has 0 aliphatic heterocycles. The van der Waals surface area contributed by atoms with Gasteiger partial charge in [-0.2, -0.15) is 0 Å². The van der Waals surface area contributed by atoms with Gasteiger partial charge in [-0.15, -0.1) is 0 Å². The summed E-state index contributed by atoms with van der Waals surface area (Å²) in [5, 5.41) is 20.3.